The molecule has 0 atom stereocenters. The summed E-state index contributed by atoms with van der Waals surface area (Å²) in [6.07, 6.45) is 0.929. The Kier molecular flexibility index (Phi) is 6.60. The molecule has 0 saturated carbocycles. The van der Waals surface area contributed by atoms with Crippen LogP contribution in [0.2, 0.25) is 0 Å². The molecule has 0 aliphatic carbocycles. The lowest BCUT2D eigenvalue weighted by atomic mass is 10.0. The predicted octanol–water partition coefficient (Wildman–Crippen LogP) is 4.17. The SMILES string of the molecule is CCCn1nnnc1NCc1c(OCC(=O)Nc2ccc(C)cc2)ccc2ccccc12. The summed E-state index contributed by atoms with van der Waals surface area (Å²) in [4.78, 5) is 12.4. The summed E-state index contributed by atoms with van der Waals surface area (Å²) in [6.45, 7) is 5.18. The number of anilines is 2. The molecule has 0 radical (unpaired) electrons. The largest absolute Gasteiger partial charge is 0.483 e. The summed E-state index contributed by atoms with van der Waals surface area (Å²) in [5.74, 6) is 1.03. The maximum atomic E-state index is 12.4. The number of rotatable bonds is 9. The van der Waals surface area contributed by atoms with Gasteiger partial charge in [-0.1, -0.05) is 60.1 Å². The number of nitrogens with one attached hydrogen (secondary N) is 2. The van der Waals surface area contributed by atoms with Crippen LogP contribution in [0.1, 0.15) is 24.5 Å². The number of aromatic nitrogens is 4. The molecule has 0 unspecified atom stereocenters. The lowest BCUT2D eigenvalue weighted by Crippen LogP contribution is -2.20. The average Bonchev–Trinajstić information content (AvgIpc) is 3.25. The maximum Gasteiger partial charge on any atom is 0.262 e. The van der Waals surface area contributed by atoms with Gasteiger partial charge >= 0.3 is 0 Å². The molecule has 2 N–H and O–H groups in total. The molecule has 4 rings (SSSR count). The molecule has 0 aliphatic rings. The van der Waals surface area contributed by atoms with Gasteiger partial charge in [-0.05, 0) is 52.7 Å². The van der Waals surface area contributed by atoms with Gasteiger partial charge in [-0.3, -0.25) is 4.79 Å². The highest BCUT2D eigenvalue weighted by molar-refractivity contribution is 5.92. The van der Waals surface area contributed by atoms with Crippen molar-refractivity contribution >= 4 is 28.3 Å². The van der Waals surface area contributed by atoms with Crippen molar-refractivity contribution in [2.45, 2.75) is 33.4 Å². The van der Waals surface area contributed by atoms with Crippen LogP contribution in [0.5, 0.6) is 5.75 Å². The van der Waals surface area contributed by atoms with Gasteiger partial charge in [0, 0.05) is 24.3 Å². The highest BCUT2D eigenvalue weighted by Gasteiger charge is 2.13. The van der Waals surface area contributed by atoms with E-state index >= 15 is 0 Å². The van der Waals surface area contributed by atoms with Crippen molar-refractivity contribution in [3.05, 3.63) is 71.8 Å². The molecule has 0 aliphatic heterocycles. The van der Waals surface area contributed by atoms with Crippen LogP contribution in [0.4, 0.5) is 11.6 Å². The molecule has 3 aromatic carbocycles. The van der Waals surface area contributed by atoms with Crippen molar-refractivity contribution in [2.24, 2.45) is 0 Å². The first kappa shape index (κ1) is 21.3. The number of carbonyl (C=O) groups excluding carboxylic acids is 1. The molecule has 8 heteroatoms. The average molecular weight is 431 g/mol. The Balaban J connectivity index is 1.51. The molecule has 0 bridgehead atoms. The van der Waals surface area contributed by atoms with Gasteiger partial charge < -0.3 is 15.4 Å². The van der Waals surface area contributed by atoms with Gasteiger partial charge in [0.15, 0.2) is 6.61 Å². The minimum Gasteiger partial charge on any atom is -0.483 e. The van der Waals surface area contributed by atoms with Gasteiger partial charge in [-0.15, -0.1) is 0 Å². The van der Waals surface area contributed by atoms with Crippen LogP contribution >= 0.6 is 0 Å². The van der Waals surface area contributed by atoms with E-state index in [9.17, 15) is 4.79 Å². The van der Waals surface area contributed by atoms with Gasteiger partial charge in [0.1, 0.15) is 5.75 Å². The van der Waals surface area contributed by atoms with Crippen LogP contribution in [0, 0.1) is 6.92 Å². The van der Waals surface area contributed by atoms with Crippen LogP contribution < -0.4 is 15.4 Å². The zero-order valence-electron chi connectivity index (χ0n) is 18.2. The fourth-order valence-corrected chi connectivity index (χ4v) is 3.47. The minimum atomic E-state index is -0.215. The number of hydrogen-bond donors (Lipinski definition) is 2. The molecule has 1 heterocycles. The monoisotopic (exact) mass is 430 g/mol. The summed E-state index contributed by atoms with van der Waals surface area (Å²) in [5, 5.41) is 20.2. The quantitative estimate of drug-likeness (QED) is 0.414. The fourth-order valence-electron chi connectivity index (χ4n) is 3.47. The first-order valence-corrected chi connectivity index (χ1v) is 10.6. The zero-order valence-corrected chi connectivity index (χ0v) is 18.2. The number of aryl methyl sites for hydroxylation is 2. The summed E-state index contributed by atoms with van der Waals surface area (Å²) in [5.41, 5.74) is 2.82. The molecule has 1 aromatic heterocycles. The number of benzene rings is 3. The van der Waals surface area contributed by atoms with Crippen molar-refractivity contribution in [3.8, 4) is 5.75 Å². The van der Waals surface area contributed by atoms with Crippen molar-refractivity contribution in [1.82, 2.24) is 20.2 Å². The smallest absolute Gasteiger partial charge is 0.262 e. The van der Waals surface area contributed by atoms with E-state index in [0.29, 0.717) is 18.2 Å². The van der Waals surface area contributed by atoms with Crippen molar-refractivity contribution < 1.29 is 9.53 Å². The number of nitrogens with zero attached hydrogens (tertiary/aromatic N) is 4. The van der Waals surface area contributed by atoms with Gasteiger partial charge in [0.2, 0.25) is 5.95 Å². The molecule has 0 fully saturated rings. The molecular weight excluding hydrogens is 404 g/mol. The normalized spacial score (nSPS) is 10.8. The number of tetrazole rings is 1. The fraction of sp³-hybridized carbons (Fsp3) is 0.250. The van der Waals surface area contributed by atoms with E-state index in [1.54, 1.807) is 4.68 Å². The summed E-state index contributed by atoms with van der Waals surface area (Å²) < 4.78 is 7.68. The van der Waals surface area contributed by atoms with Crippen LogP contribution in [0.3, 0.4) is 0 Å². The molecule has 164 valence electrons. The second-order valence-corrected chi connectivity index (χ2v) is 7.55. The number of hydrogen-bond acceptors (Lipinski definition) is 6. The lowest BCUT2D eigenvalue weighted by Gasteiger charge is -2.15. The molecule has 0 saturated heterocycles. The first-order chi connectivity index (χ1) is 15.6. The number of fused-ring (bicyclic) bond motifs is 1. The Labute approximate surface area is 186 Å². The lowest BCUT2D eigenvalue weighted by molar-refractivity contribution is -0.118. The third-order valence-corrected chi connectivity index (χ3v) is 5.08. The van der Waals surface area contributed by atoms with Crippen molar-refractivity contribution in [3.63, 3.8) is 0 Å². The molecule has 1 amide bonds. The van der Waals surface area contributed by atoms with Gasteiger partial charge in [0.25, 0.3) is 5.91 Å². The van der Waals surface area contributed by atoms with Crippen LogP contribution in [-0.4, -0.2) is 32.7 Å². The molecular formula is C24H26N6O2. The third-order valence-electron chi connectivity index (χ3n) is 5.08. The van der Waals surface area contributed by atoms with E-state index in [1.807, 2.05) is 67.6 Å². The highest BCUT2D eigenvalue weighted by Crippen LogP contribution is 2.29. The number of carbonyl (C=O) groups is 1. The van der Waals surface area contributed by atoms with Gasteiger partial charge in [-0.2, -0.15) is 0 Å². The topological polar surface area (TPSA) is 94.0 Å². The number of ether oxygens (including phenoxy) is 1. The van der Waals surface area contributed by atoms with E-state index in [0.717, 1.165) is 40.6 Å². The highest BCUT2D eigenvalue weighted by atomic mass is 16.5. The summed E-state index contributed by atoms with van der Waals surface area (Å²) in [7, 11) is 0. The van der Waals surface area contributed by atoms with Crippen LogP contribution in [0.15, 0.2) is 60.7 Å². The summed E-state index contributed by atoms with van der Waals surface area (Å²) >= 11 is 0. The second kappa shape index (κ2) is 9.91. The van der Waals surface area contributed by atoms with Crippen molar-refractivity contribution in [2.75, 3.05) is 17.2 Å². The third kappa shape index (κ3) is 5.03. The first-order valence-electron chi connectivity index (χ1n) is 10.6. The van der Waals surface area contributed by atoms with Crippen molar-refractivity contribution in [1.29, 1.82) is 0 Å². The van der Waals surface area contributed by atoms with Gasteiger partial charge in [0.05, 0.1) is 0 Å². The minimum absolute atomic E-state index is 0.0905. The van der Waals surface area contributed by atoms with E-state index in [4.69, 9.17) is 4.74 Å². The van der Waals surface area contributed by atoms with Crippen LogP contribution in [0.25, 0.3) is 10.8 Å². The Morgan fingerprint density at radius 3 is 2.69 bits per heavy atom. The Bertz CT molecular complexity index is 1200. The van der Waals surface area contributed by atoms with E-state index < -0.39 is 0 Å². The molecule has 0 spiro atoms. The molecule has 8 nitrogen and oxygen atoms in total. The van der Waals surface area contributed by atoms with Crippen LogP contribution in [-0.2, 0) is 17.9 Å². The predicted molar refractivity (Wildman–Crippen MR) is 125 cm³/mol. The standard InChI is InChI=1S/C24H26N6O2/c1-3-14-30-24(27-28-29-30)25-15-21-20-7-5-4-6-18(20)10-13-22(21)32-16-23(31)26-19-11-8-17(2)9-12-19/h4-13H,3,14-16H2,1-2H3,(H,26,31)(H,25,27,29). The van der Waals surface area contributed by atoms with E-state index in [2.05, 4.69) is 33.1 Å². The van der Waals surface area contributed by atoms with E-state index in [1.165, 1.54) is 0 Å². The Morgan fingerprint density at radius 2 is 1.88 bits per heavy atom. The summed E-state index contributed by atoms with van der Waals surface area (Å²) in [6, 6.07) is 19.6. The Hall–Kier alpha value is -3.94. The second-order valence-electron chi connectivity index (χ2n) is 7.55. The molecule has 4 aromatic rings. The molecule has 32 heavy (non-hydrogen) atoms. The zero-order chi connectivity index (χ0) is 22.3. The van der Waals surface area contributed by atoms with E-state index in [-0.39, 0.29) is 12.5 Å². The maximum absolute atomic E-state index is 12.4. The number of amides is 1. The Morgan fingerprint density at radius 1 is 1.06 bits per heavy atom. The van der Waals surface area contributed by atoms with Gasteiger partial charge in [-0.25, -0.2) is 4.68 Å².